The molecule has 0 unspecified atom stereocenters. The molecule has 0 radical (unpaired) electrons. The number of ether oxygens (including phenoxy) is 2. The summed E-state index contributed by atoms with van der Waals surface area (Å²) in [6, 6.07) is 11.5. The molecule has 0 aliphatic heterocycles. The van der Waals surface area contributed by atoms with Crippen LogP contribution in [0.25, 0.3) is 0 Å². The average molecular weight is 601 g/mol. The summed E-state index contributed by atoms with van der Waals surface area (Å²) in [7, 11) is 0. The van der Waals surface area contributed by atoms with Gasteiger partial charge in [-0.05, 0) is 58.2 Å². The Labute approximate surface area is 210 Å². The number of nitrogens with two attached hydrogens (primary N) is 1. The highest BCUT2D eigenvalue weighted by molar-refractivity contribution is 9.10. The number of hydrogen-bond donors (Lipinski definition) is 2. The quantitative estimate of drug-likeness (QED) is 0.194. The first-order valence-corrected chi connectivity index (χ1v) is 12.7. The third-order valence-corrected chi connectivity index (χ3v) is 6.78. The van der Waals surface area contributed by atoms with E-state index >= 15 is 0 Å². The fourth-order valence-electron chi connectivity index (χ4n) is 2.42. The monoisotopic (exact) mass is 599 g/mol. The Kier molecular flexibility index (Phi) is 9.33. The number of anilines is 1. The summed E-state index contributed by atoms with van der Waals surface area (Å²) in [5, 5.41) is 11.9. The molecule has 0 fully saturated rings. The van der Waals surface area contributed by atoms with Crippen LogP contribution in [0.2, 0.25) is 0 Å². The van der Waals surface area contributed by atoms with Crippen molar-refractivity contribution < 1.29 is 14.3 Å². The summed E-state index contributed by atoms with van der Waals surface area (Å²) in [4.78, 5) is 12.0. The molecule has 0 bridgehead atoms. The van der Waals surface area contributed by atoms with E-state index in [0.717, 1.165) is 20.1 Å². The number of rotatable bonds is 10. The summed E-state index contributed by atoms with van der Waals surface area (Å²) >= 11 is 9.44. The Morgan fingerprint density at radius 1 is 1.25 bits per heavy atom. The highest BCUT2D eigenvalue weighted by Gasteiger charge is 2.12. The minimum atomic E-state index is -0.265. The lowest BCUT2D eigenvalue weighted by atomic mass is 10.2. The lowest BCUT2D eigenvalue weighted by molar-refractivity contribution is -0.118. The van der Waals surface area contributed by atoms with E-state index in [1.54, 1.807) is 6.07 Å². The van der Waals surface area contributed by atoms with Crippen molar-refractivity contribution in [3.63, 3.8) is 0 Å². The van der Waals surface area contributed by atoms with Crippen LogP contribution in [0.15, 0.2) is 54.8 Å². The van der Waals surface area contributed by atoms with Crippen molar-refractivity contribution in [2.24, 2.45) is 5.10 Å². The van der Waals surface area contributed by atoms with Gasteiger partial charge in [0, 0.05) is 4.47 Å². The Balaban J connectivity index is 1.61. The first kappa shape index (κ1) is 24.5. The number of carbonyl (C=O) groups is 1. The van der Waals surface area contributed by atoms with Crippen molar-refractivity contribution in [1.82, 2.24) is 15.6 Å². The van der Waals surface area contributed by atoms with E-state index in [2.05, 4.69) is 52.6 Å². The Morgan fingerprint density at radius 2 is 2.03 bits per heavy atom. The fourth-order valence-corrected chi connectivity index (χ4v) is 4.69. The molecule has 0 atom stereocenters. The Bertz CT molecular complexity index is 1090. The van der Waals surface area contributed by atoms with Crippen LogP contribution < -0.4 is 20.6 Å². The van der Waals surface area contributed by atoms with Crippen molar-refractivity contribution in [2.45, 2.75) is 17.9 Å². The molecule has 2 aromatic carbocycles. The van der Waals surface area contributed by atoms with Crippen molar-refractivity contribution in [3.8, 4) is 11.5 Å². The molecule has 0 saturated heterocycles. The van der Waals surface area contributed by atoms with E-state index in [1.165, 1.54) is 29.3 Å². The van der Waals surface area contributed by atoms with Crippen LogP contribution in [-0.4, -0.2) is 34.7 Å². The van der Waals surface area contributed by atoms with Gasteiger partial charge in [0.2, 0.25) is 5.13 Å². The molecule has 32 heavy (non-hydrogen) atoms. The predicted molar refractivity (Wildman–Crippen MR) is 135 cm³/mol. The minimum Gasteiger partial charge on any atom is -0.490 e. The highest BCUT2D eigenvalue weighted by atomic mass is 79.9. The highest BCUT2D eigenvalue weighted by Crippen LogP contribution is 2.37. The molecule has 0 aliphatic rings. The zero-order valence-corrected chi connectivity index (χ0v) is 21.7. The minimum absolute atomic E-state index is 0.155. The number of carbonyl (C=O) groups excluding carboxylic acids is 1. The number of nitrogens with zero attached hydrogens (tertiary/aromatic N) is 3. The molecule has 1 heterocycles. The second-order valence-electron chi connectivity index (χ2n) is 6.17. The van der Waals surface area contributed by atoms with Gasteiger partial charge in [-0.3, -0.25) is 4.79 Å². The van der Waals surface area contributed by atoms with Crippen LogP contribution in [-0.2, 0) is 11.4 Å². The van der Waals surface area contributed by atoms with Crippen LogP contribution in [0.5, 0.6) is 11.5 Å². The molecular formula is C20H19Br2N5O3S2. The van der Waals surface area contributed by atoms with Crippen LogP contribution in [0, 0.1) is 0 Å². The second-order valence-corrected chi connectivity index (χ2v) is 10.2. The molecule has 1 amide bonds. The number of nitrogens with one attached hydrogen (secondary N) is 1. The summed E-state index contributed by atoms with van der Waals surface area (Å²) in [6.07, 6.45) is 1.54. The largest absolute Gasteiger partial charge is 0.490 e. The van der Waals surface area contributed by atoms with Gasteiger partial charge in [0.25, 0.3) is 5.91 Å². The van der Waals surface area contributed by atoms with Crippen molar-refractivity contribution in [1.29, 1.82) is 0 Å². The van der Waals surface area contributed by atoms with E-state index in [4.69, 9.17) is 15.2 Å². The van der Waals surface area contributed by atoms with E-state index in [9.17, 15) is 4.79 Å². The molecule has 3 aromatic rings. The Morgan fingerprint density at radius 3 is 2.72 bits per heavy atom. The second kappa shape index (κ2) is 12.2. The molecule has 3 N–H and O–H groups in total. The van der Waals surface area contributed by atoms with Gasteiger partial charge in [-0.15, -0.1) is 10.2 Å². The summed E-state index contributed by atoms with van der Waals surface area (Å²) in [5.41, 5.74) is 9.78. The van der Waals surface area contributed by atoms with Gasteiger partial charge in [0.1, 0.15) is 6.61 Å². The van der Waals surface area contributed by atoms with Gasteiger partial charge < -0.3 is 15.2 Å². The van der Waals surface area contributed by atoms with Crippen LogP contribution >= 0.6 is 55.0 Å². The van der Waals surface area contributed by atoms with Crippen molar-refractivity contribution in [3.05, 3.63) is 56.5 Å². The van der Waals surface area contributed by atoms with Gasteiger partial charge in [0.15, 0.2) is 15.8 Å². The summed E-state index contributed by atoms with van der Waals surface area (Å²) in [6.45, 7) is 2.77. The van der Waals surface area contributed by atoms with Gasteiger partial charge in [-0.2, -0.15) is 5.10 Å². The van der Waals surface area contributed by atoms with Gasteiger partial charge in [0.05, 0.1) is 23.0 Å². The van der Waals surface area contributed by atoms with Crippen molar-refractivity contribution in [2.75, 3.05) is 18.1 Å². The smallest absolute Gasteiger partial charge is 0.250 e. The maximum atomic E-state index is 12.0. The third kappa shape index (κ3) is 7.47. The van der Waals surface area contributed by atoms with Crippen LogP contribution in [0.3, 0.4) is 0 Å². The number of halogens is 2. The predicted octanol–water partition coefficient (Wildman–Crippen LogP) is 4.87. The number of amides is 1. The normalized spacial score (nSPS) is 11.0. The third-order valence-electron chi connectivity index (χ3n) is 3.78. The standard InChI is InChI=1S/C20H19Br2N5O3S2/c1-2-29-16-8-13(9-24-25-17(28)11-31-20-27-26-19(23)32-20)7-15(22)18(16)30-10-12-3-5-14(21)6-4-12/h3-9H,2,10-11H2,1H3,(H2,23,26)(H,25,28). The maximum absolute atomic E-state index is 12.0. The van der Waals surface area contributed by atoms with E-state index < -0.39 is 0 Å². The van der Waals surface area contributed by atoms with Gasteiger partial charge >= 0.3 is 0 Å². The summed E-state index contributed by atoms with van der Waals surface area (Å²) in [5.74, 6) is 1.07. The first-order valence-electron chi connectivity index (χ1n) is 9.32. The van der Waals surface area contributed by atoms with E-state index in [0.29, 0.717) is 34.2 Å². The maximum Gasteiger partial charge on any atom is 0.250 e. The van der Waals surface area contributed by atoms with Gasteiger partial charge in [-0.1, -0.05) is 51.2 Å². The molecule has 0 spiro atoms. The topological polar surface area (TPSA) is 112 Å². The molecule has 8 nitrogen and oxygen atoms in total. The Hall–Kier alpha value is -2.15. The lowest BCUT2D eigenvalue weighted by Gasteiger charge is -2.14. The van der Waals surface area contributed by atoms with Crippen molar-refractivity contribution >= 4 is 72.2 Å². The molecule has 0 aliphatic carbocycles. The number of hydrazone groups is 1. The molecule has 168 valence electrons. The molecule has 3 rings (SSSR count). The number of benzene rings is 2. The number of hydrogen-bond acceptors (Lipinski definition) is 9. The molecule has 0 saturated carbocycles. The van der Waals surface area contributed by atoms with Gasteiger partial charge in [-0.25, -0.2) is 5.43 Å². The fraction of sp³-hybridized carbons (Fsp3) is 0.200. The molecular weight excluding hydrogens is 582 g/mol. The first-order chi connectivity index (χ1) is 15.4. The number of aromatic nitrogens is 2. The molecule has 12 heteroatoms. The number of nitrogen functional groups attached to an aromatic ring is 1. The zero-order valence-electron chi connectivity index (χ0n) is 16.9. The number of thioether (sulfide) groups is 1. The lowest BCUT2D eigenvalue weighted by Crippen LogP contribution is -2.19. The molecule has 1 aromatic heterocycles. The summed E-state index contributed by atoms with van der Waals surface area (Å²) < 4.78 is 14.1. The zero-order chi connectivity index (χ0) is 22.9. The SMILES string of the molecule is CCOc1cc(C=NNC(=O)CSc2nnc(N)s2)cc(Br)c1OCc1ccc(Br)cc1. The van der Waals surface area contributed by atoms with Crippen LogP contribution in [0.1, 0.15) is 18.1 Å². The average Bonchev–Trinajstić information content (AvgIpc) is 3.18. The van der Waals surface area contributed by atoms with Crippen LogP contribution in [0.4, 0.5) is 5.13 Å². The van der Waals surface area contributed by atoms with E-state index in [-0.39, 0.29) is 11.7 Å². The van der Waals surface area contributed by atoms with E-state index in [1.807, 2.05) is 37.3 Å².